The first-order valence-corrected chi connectivity index (χ1v) is 9.84. The highest BCUT2D eigenvalue weighted by Gasteiger charge is 2.41. The fourth-order valence-corrected chi connectivity index (χ4v) is 3.66. The third-order valence-corrected chi connectivity index (χ3v) is 5.35. The molecule has 1 amide bonds. The number of anilines is 1. The molecule has 156 valence electrons. The standard InChI is InChI=1S/C20H21FN6O3/c1-11(28)23-15-7-14-13(9-22-15)18(12-3-4-12)26-27(14)16-8-17(29-2)25-19(24-16)20(21)5-6-30-10-20/h7-9,12H,3-6,10H2,1-2H3,(H,22,23,28). The summed E-state index contributed by atoms with van der Waals surface area (Å²) in [7, 11) is 1.47. The smallest absolute Gasteiger partial charge is 0.222 e. The summed E-state index contributed by atoms with van der Waals surface area (Å²) in [6.07, 6.45) is 4.01. The zero-order valence-electron chi connectivity index (χ0n) is 16.7. The Kier molecular flexibility index (Phi) is 4.39. The van der Waals surface area contributed by atoms with Crippen LogP contribution in [0.25, 0.3) is 16.7 Å². The lowest BCUT2D eigenvalue weighted by atomic mass is 10.1. The van der Waals surface area contributed by atoms with Crippen LogP contribution in [0.4, 0.5) is 10.2 Å². The highest BCUT2D eigenvalue weighted by molar-refractivity contribution is 5.91. The van der Waals surface area contributed by atoms with Gasteiger partial charge >= 0.3 is 0 Å². The first kappa shape index (κ1) is 18.9. The molecule has 3 aromatic rings. The van der Waals surface area contributed by atoms with E-state index < -0.39 is 5.67 Å². The van der Waals surface area contributed by atoms with Gasteiger partial charge in [-0.15, -0.1) is 0 Å². The number of nitrogens with zero attached hydrogens (tertiary/aromatic N) is 5. The van der Waals surface area contributed by atoms with Crippen LogP contribution >= 0.6 is 0 Å². The van der Waals surface area contributed by atoms with Gasteiger partial charge in [-0.2, -0.15) is 10.1 Å². The van der Waals surface area contributed by atoms with Gasteiger partial charge in [0.05, 0.1) is 31.5 Å². The monoisotopic (exact) mass is 412 g/mol. The number of pyridine rings is 1. The largest absolute Gasteiger partial charge is 0.481 e. The second-order valence-electron chi connectivity index (χ2n) is 7.70. The first-order chi connectivity index (χ1) is 14.5. The van der Waals surface area contributed by atoms with Crippen molar-refractivity contribution in [2.75, 3.05) is 25.6 Å². The van der Waals surface area contributed by atoms with E-state index in [2.05, 4.69) is 20.3 Å². The van der Waals surface area contributed by atoms with Crippen LogP contribution in [-0.4, -0.2) is 51.0 Å². The van der Waals surface area contributed by atoms with Crippen molar-refractivity contribution >= 4 is 22.6 Å². The number of halogens is 1. The lowest BCUT2D eigenvalue weighted by Gasteiger charge is -2.17. The van der Waals surface area contributed by atoms with Crippen molar-refractivity contribution in [2.24, 2.45) is 0 Å². The Morgan fingerprint density at radius 3 is 2.87 bits per heavy atom. The molecule has 1 N–H and O–H groups in total. The van der Waals surface area contributed by atoms with Crippen LogP contribution in [0.1, 0.15) is 43.6 Å². The number of aromatic nitrogens is 5. The van der Waals surface area contributed by atoms with E-state index in [9.17, 15) is 4.79 Å². The molecule has 0 radical (unpaired) electrons. The van der Waals surface area contributed by atoms with E-state index in [1.54, 1.807) is 23.0 Å². The molecule has 0 bridgehead atoms. The lowest BCUT2D eigenvalue weighted by molar-refractivity contribution is -0.114. The Morgan fingerprint density at radius 2 is 2.20 bits per heavy atom. The minimum Gasteiger partial charge on any atom is -0.481 e. The number of ether oxygens (including phenoxy) is 2. The predicted molar refractivity (Wildman–Crippen MR) is 106 cm³/mol. The molecule has 3 aromatic heterocycles. The summed E-state index contributed by atoms with van der Waals surface area (Å²) in [5.74, 6) is 1.19. The van der Waals surface area contributed by atoms with Gasteiger partial charge in [-0.3, -0.25) is 4.79 Å². The average Bonchev–Trinajstić information content (AvgIpc) is 3.36. The normalized spacial score (nSPS) is 21.2. The van der Waals surface area contributed by atoms with Crippen molar-refractivity contribution < 1.29 is 18.7 Å². The SMILES string of the molecule is COc1cc(-n2nc(C3CC3)c3cnc(NC(C)=O)cc32)nc(C2(F)CCOC2)n1. The summed E-state index contributed by atoms with van der Waals surface area (Å²) in [6, 6.07) is 3.36. The van der Waals surface area contributed by atoms with E-state index in [1.807, 2.05) is 0 Å². The number of nitrogens with one attached hydrogen (secondary N) is 1. The van der Waals surface area contributed by atoms with Gasteiger partial charge in [0.15, 0.2) is 17.3 Å². The number of hydrogen-bond acceptors (Lipinski definition) is 7. The highest BCUT2D eigenvalue weighted by Crippen LogP contribution is 2.43. The minimum atomic E-state index is -1.77. The Bertz CT molecular complexity index is 1140. The molecule has 1 aliphatic heterocycles. The molecule has 2 aliphatic rings. The van der Waals surface area contributed by atoms with Gasteiger partial charge in [0.1, 0.15) is 5.82 Å². The van der Waals surface area contributed by atoms with Crippen molar-refractivity contribution in [2.45, 2.75) is 37.8 Å². The summed E-state index contributed by atoms with van der Waals surface area (Å²) in [5, 5.41) is 8.34. The summed E-state index contributed by atoms with van der Waals surface area (Å²) in [6.45, 7) is 1.64. The second-order valence-corrected chi connectivity index (χ2v) is 7.70. The van der Waals surface area contributed by atoms with Crippen LogP contribution in [0.5, 0.6) is 5.88 Å². The lowest BCUT2D eigenvalue weighted by Crippen LogP contribution is -2.24. The summed E-state index contributed by atoms with van der Waals surface area (Å²) < 4.78 is 27.5. The zero-order chi connectivity index (χ0) is 20.9. The number of fused-ring (bicyclic) bond motifs is 1. The Labute approximate surface area is 171 Å². The first-order valence-electron chi connectivity index (χ1n) is 9.84. The van der Waals surface area contributed by atoms with E-state index in [4.69, 9.17) is 14.6 Å². The third kappa shape index (κ3) is 3.26. The minimum absolute atomic E-state index is 0.0158. The van der Waals surface area contributed by atoms with Crippen molar-refractivity contribution in [1.29, 1.82) is 0 Å². The van der Waals surface area contributed by atoms with E-state index in [0.29, 0.717) is 24.2 Å². The van der Waals surface area contributed by atoms with Crippen LogP contribution in [-0.2, 0) is 15.2 Å². The molecular formula is C20H21FN6O3. The van der Waals surface area contributed by atoms with E-state index >= 15 is 4.39 Å². The van der Waals surface area contributed by atoms with Crippen LogP contribution < -0.4 is 10.1 Å². The van der Waals surface area contributed by atoms with Gasteiger partial charge in [0.25, 0.3) is 0 Å². The molecule has 1 unspecified atom stereocenters. The van der Waals surface area contributed by atoms with Gasteiger partial charge in [-0.25, -0.2) is 19.0 Å². The van der Waals surface area contributed by atoms with Crippen molar-refractivity contribution in [3.63, 3.8) is 0 Å². The number of alkyl halides is 1. The number of carbonyl (C=O) groups excluding carboxylic acids is 1. The fourth-order valence-electron chi connectivity index (χ4n) is 3.66. The quantitative estimate of drug-likeness (QED) is 0.687. The molecule has 0 aromatic carbocycles. The highest BCUT2D eigenvalue weighted by atomic mass is 19.1. The number of hydrogen-bond donors (Lipinski definition) is 1. The average molecular weight is 412 g/mol. The predicted octanol–water partition coefficient (Wildman–Crippen LogP) is 2.64. The molecule has 1 saturated heterocycles. The number of methoxy groups -OCH3 is 1. The maximum absolute atomic E-state index is 15.3. The molecule has 9 nitrogen and oxygen atoms in total. The Morgan fingerprint density at radius 1 is 1.37 bits per heavy atom. The molecule has 5 rings (SSSR count). The molecule has 0 spiro atoms. The van der Waals surface area contributed by atoms with E-state index in [-0.39, 0.29) is 30.6 Å². The number of rotatable bonds is 5. The molecule has 1 aliphatic carbocycles. The van der Waals surface area contributed by atoms with E-state index in [0.717, 1.165) is 29.4 Å². The third-order valence-electron chi connectivity index (χ3n) is 5.35. The summed E-state index contributed by atoms with van der Waals surface area (Å²) in [4.78, 5) is 24.5. The second kappa shape index (κ2) is 6.98. The Balaban J connectivity index is 1.69. The molecular weight excluding hydrogens is 391 g/mol. The molecule has 10 heteroatoms. The van der Waals surface area contributed by atoms with Crippen molar-refractivity contribution in [3.05, 3.63) is 29.8 Å². The molecule has 1 atom stereocenters. The van der Waals surface area contributed by atoms with Gasteiger partial charge < -0.3 is 14.8 Å². The molecule has 4 heterocycles. The van der Waals surface area contributed by atoms with Gasteiger partial charge in [-0.05, 0) is 12.8 Å². The summed E-state index contributed by atoms with van der Waals surface area (Å²) in [5.41, 5.74) is -0.128. The molecule has 1 saturated carbocycles. The number of amides is 1. The van der Waals surface area contributed by atoms with Crippen molar-refractivity contribution in [3.8, 4) is 11.7 Å². The van der Waals surface area contributed by atoms with Gasteiger partial charge in [0, 0.05) is 43.0 Å². The van der Waals surface area contributed by atoms with Crippen molar-refractivity contribution in [1.82, 2.24) is 24.7 Å². The van der Waals surface area contributed by atoms with Crippen LogP contribution in [0, 0.1) is 0 Å². The molecule has 2 fully saturated rings. The maximum atomic E-state index is 15.3. The van der Waals surface area contributed by atoms with Crippen LogP contribution in [0.15, 0.2) is 18.3 Å². The zero-order valence-corrected chi connectivity index (χ0v) is 16.7. The molecule has 30 heavy (non-hydrogen) atoms. The fraction of sp³-hybridized carbons (Fsp3) is 0.450. The van der Waals surface area contributed by atoms with Gasteiger partial charge in [-0.1, -0.05) is 0 Å². The van der Waals surface area contributed by atoms with Crippen LogP contribution in [0.2, 0.25) is 0 Å². The van der Waals surface area contributed by atoms with E-state index in [1.165, 1.54) is 14.0 Å². The van der Waals surface area contributed by atoms with Crippen LogP contribution in [0.3, 0.4) is 0 Å². The number of carbonyl (C=O) groups is 1. The van der Waals surface area contributed by atoms with Gasteiger partial charge in [0.2, 0.25) is 11.8 Å². The topological polar surface area (TPSA) is 104 Å². The summed E-state index contributed by atoms with van der Waals surface area (Å²) >= 11 is 0. The Hall–Kier alpha value is -3.14. The maximum Gasteiger partial charge on any atom is 0.222 e.